The first-order chi connectivity index (χ1) is 7.34. The van der Waals surface area contributed by atoms with Gasteiger partial charge in [0.05, 0.1) is 0 Å². The largest absolute Gasteiger partial charge is 0.482 e. The summed E-state index contributed by atoms with van der Waals surface area (Å²) in [5.41, 5.74) is 1.18. The number of ketones is 1. The Morgan fingerprint density at radius 1 is 1.27 bits per heavy atom. The molecule has 1 aliphatic heterocycles. The van der Waals surface area contributed by atoms with E-state index >= 15 is 0 Å². The molecule has 1 aromatic rings. The van der Waals surface area contributed by atoms with Crippen LogP contribution < -0.4 is 4.74 Å². The van der Waals surface area contributed by atoms with Crippen molar-refractivity contribution in [3.63, 3.8) is 0 Å². The van der Waals surface area contributed by atoms with Crippen molar-refractivity contribution >= 4 is 5.78 Å². The summed E-state index contributed by atoms with van der Waals surface area (Å²) in [4.78, 5) is 12.0. The molecule has 0 spiro atoms. The van der Waals surface area contributed by atoms with Crippen LogP contribution in [-0.4, -0.2) is 11.9 Å². The lowest BCUT2D eigenvalue weighted by Gasteiger charge is -2.26. The Morgan fingerprint density at radius 2 is 2.07 bits per heavy atom. The molecule has 0 bridgehead atoms. The summed E-state index contributed by atoms with van der Waals surface area (Å²) < 4.78 is 5.68. The predicted molar refractivity (Wildman–Crippen MR) is 56.9 cm³/mol. The van der Waals surface area contributed by atoms with Gasteiger partial charge in [-0.1, -0.05) is 24.6 Å². The second-order valence-electron chi connectivity index (χ2n) is 4.45. The van der Waals surface area contributed by atoms with Crippen molar-refractivity contribution < 1.29 is 9.53 Å². The minimum atomic E-state index is -0.201. The van der Waals surface area contributed by atoms with Crippen LogP contribution in [0.1, 0.15) is 24.8 Å². The molecule has 0 aromatic heterocycles. The third-order valence-corrected chi connectivity index (χ3v) is 3.47. The Kier molecular flexibility index (Phi) is 2.01. The highest BCUT2D eigenvalue weighted by Crippen LogP contribution is 2.34. The Labute approximate surface area is 89.2 Å². The Hall–Kier alpha value is -1.31. The first-order valence-corrected chi connectivity index (χ1v) is 5.63. The minimum absolute atomic E-state index is 0.201. The molecule has 0 N–H and O–H groups in total. The van der Waals surface area contributed by atoms with Crippen LogP contribution in [0, 0.1) is 5.92 Å². The molecule has 2 nitrogen and oxygen atoms in total. The third-order valence-electron chi connectivity index (χ3n) is 3.47. The summed E-state index contributed by atoms with van der Waals surface area (Å²) in [6.45, 7) is 0. The smallest absolute Gasteiger partial charge is 0.176 e. The summed E-state index contributed by atoms with van der Waals surface area (Å²) in [5, 5.41) is 0. The summed E-state index contributed by atoms with van der Waals surface area (Å²) in [7, 11) is 0. The lowest BCUT2D eigenvalue weighted by Crippen LogP contribution is -2.35. The summed E-state index contributed by atoms with van der Waals surface area (Å²) in [6.07, 6.45) is 3.90. The van der Waals surface area contributed by atoms with Gasteiger partial charge in [0, 0.05) is 12.3 Å². The summed E-state index contributed by atoms with van der Waals surface area (Å²) >= 11 is 0. The normalized spacial score (nSPS) is 24.1. The molecule has 15 heavy (non-hydrogen) atoms. The fraction of sp³-hybridized carbons (Fsp3) is 0.462. The third kappa shape index (κ3) is 1.44. The van der Waals surface area contributed by atoms with Gasteiger partial charge in [0.15, 0.2) is 11.9 Å². The van der Waals surface area contributed by atoms with Gasteiger partial charge < -0.3 is 4.74 Å². The van der Waals surface area contributed by atoms with E-state index in [2.05, 4.69) is 0 Å². The van der Waals surface area contributed by atoms with Crippen LogP contribution >= 0.6 is 0 Å². The van der Waals surface area contributed by atoms with Gasteiger partial charge in [0.2, 0.25) is 0 Å². The molecular weight excluding hydrogens is 188 g/mol. The number of ether oxygens (including phenoxy) is 1. The molecule has 0 saturated heterocycles. The second kappa shape index (κ2) is 3.37. The first-order valence-electron chi connectivity index (χ1n) is 5.63. The van der Waals surface area contributed by atoms with Crippen LogP contribution in [0.15, 0.2) is 24.3 Å². The number of carbonyl (C=O) groups is 1. The molecule has 0 amide bonds. The van der Waals surface area contributed by atoms with Crippen LogP contribution in [0.3, 0.4) is 0 Å². The zero-order chi connectivity index (χ0) is 10.3. The van der Waals surface area contributed by atoms with Crippen LogP contribution in [0.25, 0.3) is 0 Å². The van der Waals surface area contributed by atoms with Gasteiger partial charge in [0.25, 0.3) is 0 Å². The molecule has 1 unspecified atom stereocenters. The maximum atomic E-state index is 12.0. The highest BCUT2D eigenvalue weighted by Gasteiger charge is 2.35. The fourth-order valence-corrected chi connectivity index (χ4v) is 2.30. The molecule has 1 fully saturated rings. The van der Waals surface area contributed by atoms with E-state index in [-0.39, 0.29) is 12.0 Å². The standard InChI is InChI=1S/C13H14O2/c14-13(9-5-3-6-9)12-8-10-4-1-2-7-11(10)15-12/h1-2,4,7,9,12H,3,5-6,8H2. The summed E-state index contributed by atoms with van der Waals surface area (Å²) in [5.74, 6) is 1.50. The number of carbonyl (C=O) groups excluding carboxylic acids is 1. The number of hydrogen-bond acceptors (Lipinski definition) is 2. The molecule has 1 saturated carbocycles. The van der Waals surface area contributed by atoms with E-state index in [9.17, 15) is 4.79 Å². The van der Waals surface area contributed by atoms with Crippen LogP contribution in [0.4, 0.5) is 0 Å². The van der Waals surface area contributed by atoms with Crippen LogP contribution in [0.2, 0.25) is 0 Å². The maximum Gasteiger partial charge on any atom is 0.176 e. The van der Waals surface area contributed by atoms with Crippen molar-refractivity contribution in [1.82, 2.24) is 0 Å². The van der Waals surface area contributed by atoms with E-state index in [4.69, 9.17) is 4.74 Å². The number of fused-ring (bicyclic) bond motifs is 1. The van der Waals surface area contributed by atoms with Crippen molar-refractivity contribution in [2.75, 3.05) is 0 Å². The molecule has 3 rings (SSSR count). The van der Waals surface area contributed by atoms with Gasteiger partial charge in [0.1, 0.15) is 5.75 Å². The lowest BCUT2D eigenvalue weighted by atomic mass is 9.80. The SMILES string of the molecule is O=C(C1CCC1)C1Cc2ccccc2O1. The van der Waals surface area contributed by atoms with E-state index in [1.54, 1.807) is 0 Å². The van der Waals surface area contributed by atoms with E-state index in [1.165, 1.54) is 12.0 Å². The summed E-state index contributed by atoms with van der Waals surface area (Å²) in [6, 6.07) is 7.94. The molecule has 1 heterocycles. The monoisotopic (exact) mass is 202 g/mol. The molecular formula is C13H14O2. The predicted octanol–water partition coefficient (Wildman–Crippen LogP) is 2.36. The quantitative estimate of drug-likeness (QED) is 0.736. The molecule has 2 aliphatic rings. The van der Waals surface area contributed by atoms with E-state index in [0.29, 0.717) is 5.78 Å². The number of para-hydroxylation sites is 1. The highest BCUT2D eigenvalue weighted by molar-refractivity contribution is 5.87. The molecule has 1 aromatic carbocycles. The average molecular weight is 202 g/mol. The topological polar surface area (TPSA) is 26.3 Å². The van der Waals surface area contributed by atoms with Crippen LogP contribution in [0.5, 0.6) is 5.75 Å². The fourth-order valence-electron chi connectivity index (χ4n) is 2.30. The van der Waals surface area contributed by atoms with Gasteiger partial charge >= 0.3 is 0 Å². The van der Waals surface area contributed by atoms with Crippen molar-refractivity contribution in [3.8, 4) is 5.75 Å². The zero-order valence-electron chi connectivity index (χ0n) is 8.61. The Balaban J connectivity index is 1.75. The van der Waals surface area contributed by atoms with E-state index < -0.39 is 0 Å². The van der Waals surface area contributed by atoms with Gasteiger partial charge in [-0.15, -0.1) is 0 Å². The molecule has 0 radical (unpaired) electrons. The van der Waals surface area contributed by atoms with Crippen molar-refractivity contribution in [2.24, 2.45) is 5.92 Å². The lowest BCUT2D eigenvalue weighted by molar-refractivity contribution is -0.131. The highest BCUT2D eigenvalue weighted by atomic mass is 16.5. The van der Waals surface area contributed by atoms with Gasteiger partial charge in [-0.05, 0) is 24.5 Å². The molecule has 2 heteroatoms. The molecule has 1 aliphatic carbocycles. The minimum Gasteiger partial charge on any atom is -0.482 e. The number of Topliss-reactive ketones (excluding diaryl/α,β-unsaturated/α-hetero) is 1. The number of benzene rings is 1. The van der Waals surface area contributed by atoms with Crippen molar-refractivity contribution in [3.05, 3.63) is 29.8 Å². The van der Waals surface area contributed by atoms with E-state index in [0.717, 1.165) is 25.0 Å². The Morgan fingerprint density at radius 3 is 2.73 bits per heavy atom. The van der Waals surface area contributed by atoms with Crippen molar-refractivity contribution in [1.29, 1.82) is 0 Å². The van der Waals surface area contributed by atoms with Gasteiger partial charge in [-0.25, -0.2) is 0 Å². The number of rotatable bonds is 2. The molecule has 78 valence electrons. The van der Waals surface area contributed by atoms with Gasteiger partial charge in [-0.2, -0.15) is 0 Å². The zero-order valence-corrected chi connectivity index (χ0v) is 8.61. The van der Waals surface area contributed by atoms with Gasteiger partial charge in [-0.3, -0.25) is 4.79 Å². The molecule has 1 atom stereocenters. The van der Waals surface area contributed by atoms with Crippen molar-refractivity contribution in [2.45, 2.75) is 31.8 Å². The Bertz CT molecular complexity index is 368. The first kappa shape index (κ1) is 8.96. The maximum absolute atomic E-state index is 12.0. The number of hydrogen-bond donors (Lipinski definition) is 0. The second-order valence-corrected chi connectivity index (χ2v) is 4.45. The van der Waals surface area contributed by atoms with Crippen LogP contribution in [-0.2, 0) is 11.2 Å². The van der Waals surface area contributed by atoms with E-state index in [1.807, 2.05) is 24.3 Å². The average Bonchev–Trinajstić information content (AvgIpc) is 2.58.